The second kappa shape index (κ2) is 16.7. The molecule has 0 atom stereocenters. The molecule has 0 aliphatic heterocycles. The minimum absolute atomic E-state index is 0. The Morgan fingerprint density at radius 3 is 1.30 bits per heavy atom. The summed E-state index contributed by atoms with van der Waals surface area (Å²) in [4.78, 5) is 0. The molecule has 0 aromatic heterocycles. The third-order valence-electron chi connectivity index (χ3n) is 0. The van der Waals surface area contributed by atoms with Crippen LogP contribution in [0.1, 0.15) is 13.8 Å². The van der Waals surface area contributed by atoms with Gasteiger partial charge in [-0.25, -0.2) is 0 Å². The standard InChI is InChI=1S/C3H7.C2H7NO.2ClH.Mg/c1-3-2;1-3(2)4;;;/h3H,1-2H3;4H,1-2H3;2*1H;/q;;;;+1/p-1. The van der Waals surface area contributed by atoms with Gasteiger partial charge in [-0.3, -0.25) is 0 Å². The summed E-state index contributed by atoms with van der Waals surface area (Å²) in [6.45, 7) is 4.36. The fourth-order valence-corrected chi connectivity index (χ4v) is 0. The molecule has 0 radical (unpaired) electrons. The van der Waals surface area contributed by atoms with Crippen LogP contribution in [-0.4, -0.2) is 46.1 Å². The van der Waals surface area contributed by atoms with Crippen LogP contribution in [0.5, 0.6) is 0 Å². The Morgan fingerprint density at radius 1 is 1.30 bits per heavy atom. The van der Waals surface area contributed by atoms with E-state index in [-0.39, 0.29) is 24.8 Å². The van der Waals surface area contributed by atoms with Crippen molar-refractivity contribution in [2.24, 2.45) is 0 Å². The summed E-state index contributed by atoms with van der Waals surface area (Å²) in [6, 6.07) is 0. The van der Waals surface area contributed by atoms with Crippen LogP contribution < -0.4 is 12.4 Å². The summed E-state index contributed by atoms with van der Waals surface area (Å²) < 4.78 is 0.861. The molecule has 0 bridgehead atoms. The van der Waals surface area contributed by atoms with Crippen LogP contribution in [-0.2, 0) is 0 Å². The molecule has 2 nitrogen and oxygen atoms in total. The molecule has 0 aliphatic rings. The molecular formula is C5H15Cl2MgNO. The van der Waals surface area contributed by atoms with E-state index in [1.54, 1.807) is 14.1 Å². The Kier molecular flexibility index (Phi) is 37.5. The van der Waals surface area contributed by atoms with Crippen molar-refractivity contribution in [1.82, 2.24) is 5.06 Å². The summed E-state index contributed by atoms with van der Waals surface area (Å²) in [5, 5.41) is 8.89. The molecule has 1 N–H and O–H groups in total. The maximum atomic E-state index is 7.89. The van der Waals surface area contributed by atoms with Gasteiger partial charge in [-0.1, -0.05) is 0 Å². The molecule has 0 fully saturated rings. The van der Waals surface area contributed by atoms with Gasteiger partial charge in [0, 0.05) is 14.1 Å². The molecule has 0 aromatic rings. The van der Waals surface area contributed by atoms with E-state index in [0.29, 0.717) is 0 Å². The molecule has 62 valence electrons. The molecule has 0 spiro atoms. The van der Waals surface area contributed by atoms with E-state index in [2.05, 4.69) is 13.8 Å². The molecular weight excluding hydrogens is 185 g/mol. The largest absolute Gasteiger partial charge is 1.00 e. The molecule has 0 saturated carbocycles. The minimum Gasteiger partial charge on any atom is -1.00 e. The van der Waals surface area contributed by atoms with E-state index in [9.17, 15) is 0 Å². The second-order valence-electron chi connectivity index (χ2n) is 2.24. The molecule has 10 heavy (non-hydrogen) atoms. The first-order valence-electron chi connectivity index (χ1n) is 2.66. The van der Waals surface area contributed by atoms with Gasteiger partial charge < -0.3 is 17.6 Å². The molecule has 0 rings (SSSR count). The molecule has 0 aromatic carbocycles. The molecule has 0 saturated heterocycles. The summed E-state index contributed by atoms with van der Waals surface area (Å²) >= 11 is 2.00. The van der Waals surface area contributed by atoms with Gasteiger partial charge in [0.15, 0.2) is 0 Å². The van der Waals surface area contributed by atoms with Crippen molar-refractivity contribution in [2.45, 2.75) is 17.9 Å². The van der Waals surface area contributed by atoms with Crippen molar-refractivity contribution in [3.8, 4) is 0 Å². The van der Waals surface area contributed by atoms with Gasteiger partial charge in [0.1, 0.15) is 0 Å². The quantitative estimate of drug-likeness (QED) is 0.374. The Bertz CT molecular complexity index is 35.1. The second-order valence-corrected chi connectivity index (χ2v) is 3.87. The number of halogens is 2. The maximum Gasteiger partial charge on any atom is -0.147 e. The summed E-state index contributed by atoms with van der Waals surface area (Å²) in [5.74, 6) is 0. The maximum absolute atomic E-state index is 7.89. The Balaban J connectivity index is -0.0000000300. The Morgan fingerprint density at radius 2 is 1.30 bits per heavy atom. The average molecular weight is 200 g/mol. The number of hydrogen-bond donors (Lipinski definition) is 1. The molecule has 0 heterocycles. The van der Waals surface area contributed by atoms with Crippen LogP contribution in [0.2, 0.25) is 4.05 Å². The van der Waals surface area contributed by atoms with E-state index in [0.717, 1.165) is 9.11 Å². The zero-order valence-electron chi connectivity index (χ0n) is 6.97. The molecule has 0 aliphatic carbocycles. The van der Waals surface area contributed by atoms with Crippen molar-refractivity contribution in [3.05, 3.63) is 0 Å². The Labute approximate surface area is 88.6 Å². The first-order valence-corrected chi connectivity index (χ1v) is 3.47. The SMILES string of the molecule is CN(C)O.C[CH](C)[Mg+].Cl.[Cl-]. The molecule has 0 amide bonds. The van der Waals surface area contributed by atoms with Crippen molar-refractivity contribution in [1.29, 1.82) is 0 Å². The van der Waals surface area contributed by atoms with Crippen LogP contribution in [0.3, 0.4) is 0 Å². The smallest absolute Gasteiger partial charge is 0.147 e. The number of hydrogen-bond acceptors (Lipinski definition) is 2. The fraction of sp³-hybridized carbons (Fsp3) is 1.00. The van der Waals surface area contributed by atoms with E-state index in [1.165, 1.54) is 0 Å². The number of hydroxylamine groups is 2. The average Bonchev–Trinajstić information content (AvgIpc) is 1.25. The predicted molar refractivity (Wildman–Crippen MR) is 43.6 cm³/mol. The topological polar surface area (TPSA) is 23.5 Å². The third kappa shape index (κ3) is 395. The zero-order chi connectivity index (χ0) is 7.15. The van der Waals surface area contributed by atoms with Gasteiger partial charge in [0.05, 0.1) is 0 Å². The zero-order valence-corrected chi connectivity index (χ0v) is 9.95. The normalized spacial score (nSPS) is 7.30. The first kappa shape index (κ1) is 22.5. The van der Waals surface area contributed by atoms with Crippen LogP contribution in [0.25, 0.3) is 0 Å². The monoisotopic (exact) mass is 199 g/mol. The van der Waals surface area contributed by atoms with Gasteiger partial charge in [-0.2, -0.15) is 5.06 Å². The van der Waals surface area contributed by atoms with Crippen LogP contribution in [0, 0.1) is 0 Å². The van der Waals surface area contributed by atoms with Gasteiger partial charge in [0.2, 0.25) is 0 Å². The van der Waals surface area contributed by atoms with Gasteiger partial charge >= 0.3 is 39.6 Å². The summed E-state index contributed by atoms with van der Waals surface area (Å²) in [7, 11) is 3.11. The third-order valence-corrected chi connectivity index (χ3v) is 0. The predicted octanol–water partition coefficient (Wildman–Crippen LogP) is -1.65. The number of rotatable bonds is 0. The van der Waals surface area contributed by atoms with Crippen molar-refractivity contribution < 1.29 is 17.6 Å². The van der Waals surface area contributed by atoms with Crippen LogP contribution in [0.15, 0.2) is 0 Å². The van der Waals surface area contributed by atoms with E-state index >= 15 is 0 Å². The van der Waals surface area contributed by atoms with Crippen LogP contribution in [0.4, 0.5) is 0 Å². The molecule has 5 heteroatoms. The molecule has 0 unspecified atom stereocenters. The summed E-state index contributed by atoms with van der Waals surface area (Å²) in [5.41, 5.74) is 0. The van der Waals surface area contributed by atoms with Gasteiger partial charge in [-0.05, 0) is 0 Å². The van der Waals surface area contributed by atoms with Crippen molar-refractivity contribution >= 4 is 34.1 Å². The van der Waals surface area contributed by atoms with Crippen molar-refractivity contribution in [2.75, 3.05) is 14.1 Å². The van der Waals surface area contributed by atoms with Crippen LogP contribution >= 0.6 is 12.4 Å². The Hall–Kier alpha value is 1.27. The summed E-state index contributed by atoms with van der Waals surface area (Å²) in [6.07, 6.45) is 0. The van der Waals surface area contributed by atoms with E-state index in [1.807, 2.05) is 21.7 Å². The van der Waals surface area contributed by atoms with Crippen molar-refractivity contribution in [3.63, 3.8) is 0 Å². The van der Waals surface area contributed by atoms with Gasteiger partial charge in [0.25, 0.3) is 0 Å². The number of nitrogens with zero attached hydrogens (tertiary/aromatic N) is 1. The van der Waals surface area contributed by atoms with E-state index in [4.69, 9.17) is 5.21 Å². The van der Waals surface area contributed by atoms with E-state index < -0.39 is 0 Å². The van der Waals surface area contributed by atoms with Gasteiger partial charge in [-0.15, -0.1) is 12.4 Å². The minimum atomic E-state index is 0. The first-order chi connectivity index (χ1) is 3.46. The fourth-order valence-electron chi connectivity index (χ4n) is 0.